The molecule has 0 aliphatic carbocycles. The maximum absolute atomic E-state index is 13.6. The molecular formula is C15H17F2NO. The van der Waals surface area contributed by atoms with Gasteiger partial charge in [-0.3, -0.25) is 0 Å². The first-order valence-corrected chi connectivity index (χ1v) is 6.17. The molecule has 0 amide bonds. The first-order chi connectivity index (χ1) is 8.90. The predicted molar refractivity (Wildman–Crippen MR) is 70.0 cm³/mol. The number of halogens is 2. The van der Waals surface area contributed by atoms with E-state index in [1.54, 1.807) is 0 Å². The van der Waals surface area contributed by atoms with Crippen LogP contribution in [0.2, 0.25) is 0 Å². The molecular weight excluding hydrogens is 248 g/mol. The van der Waals surface area contributed by atoms with Crippen molar-refractivity contribution in [3.05, 3.63) is 57.9 Å². The van der Waals surface area contributed by atoms with Crippen LogP contribution in [-0.4, -0.2) is 10.1 Å². The van der Waals surface area contributed by atoms with E-state index in [0.717, 1.165) is 22.9 Å². The van der Waals surface area contributed by atoms with Gasteiger partial charge in [-0.15, -0.1) is 0 Å². The minimum absolute atomic E-state index is 0.117. The molecule has 2 N–H and O–H groups in total. The van der Waals surface area contributed by atoms with Crippen molar-refractivity contribution in [2.75, 3.05) is 0 Å². The summed E-state index contributed by atoms with van der Waals surface area (Å²) in [5.74, 6) is -1.24. The van der Waals surface area contributed by atoms with Gasteiger partial charge < -0.3 is 10.1 Å². The lowest BCUT2D eigenvalue weighted by Crippen LogP contribution is -2.06. The third-order valence-corrected chi connectivity index (χ3v) is 3.61. The minimum atomic E-state index is -0.827. The highest BCUT2D eigenvalue weighted by atomic mass is 19.1. The Morgan fingerprint density at radius 1 is 1.16 bits per heavy atom. The summed E-state index contributed by atoms with van der Waals surface area (Å²) in [5, 5.41) is 10.2. The van der Waals surface area contributed by atoms with Crippen molar-refractivity contribution in [3.63, 3.8) is 0 Å². The van der Waals surface area contributed by atoms with Crippen LogP contribution >= 0.6 is 0 Å². The largest absolute Gasteiger partial charge is 0.387 e. The normalized spacial score (nSPS) is 12.7. The summed E-state index contributed by atoms with van der Waals surface area (Å²) in [4.78, 5) is 3.12. The molecule has 1 heterocycles. The molecule has 0 spiro atoms. The zero-order valence-electron chi connectivity index (χ0n) is 11.2. The molecule has 2 aromatic rings. The second-order valence-corrected chi connectivity index (χ2v) is 4.87. The second-order valence-electron chi connectivity index (χ2n) is 4.87. The number of hydrogen-bond donors (Lipinski definition) is 2. The average Bonchev–Trinajstić information content (AvgIpc) is 2.60. The maximum atomic E-state index is 13.6. The van der Waals surface area contributed by atoms with Gasteiger partial charge >= 0.3 is 0 Å². The lowest BCUT2D eigenvalue weighted by Gasteiger charge is -2.11. The van der Waals surface area contributed by atoms with Crippen molar-refractivity contribution in [1.82, 2.24) is 4.98 Å². The average molecular weight is 265 g/mol. The van der Waals surface area contributed by atoms with Gasteiger partial charge in [0, 0.05) is 23.9 Å². The molecule has 0 saturated carbocycles. The summed E-state index contributed by atoms with van der Waals surface area (Å²) in [7, 11) is 0. The van der Waals surface area contributed by atoms with Crippen LogP contribution in [0, 0.1) is 32.4 Å². The number of aliphatic hydroxyl groups excluding tert-OH is 1. The summed E-state index contributed by atoms with van der Waals surface area (Å²) < 4.78 is 26.4. The zero-order valence-corrected chi connectivity index (χ0v) is 11.2. The van der Waals surface area contributed by atoms with Crippen molar-refractivity contribution in [2.24, 2.45) is 0 Å². The van der Waals surface area contributed by atoms with Gasteiger partial charge in [0.15, 0.2) is 0 Å². The number of aryl methyl sites for hydroxylation is 1. The van der Waals surface area contributed by atoms with Gasteiger partial charge in [0.2, 0.25) is 0 Å². The Balaban J connectivity index is 2.25. The molecule has 0 aliphatic rings. The number of nitrogens with one attached hydrogen (secondary N) is 1. The molecule has 1 aromatic heterocycles. The lowest BCUT2D eigenvalue weighted by molar-refractivity contribution is 0.172. The van der Waals surface area contributed by atoms with E-state index in [9.17, 15) is 13.9 Å². The summed E-state index contributed by atoms with van der Waals surface area (Å²) in [6.07, 6.45) is -0.709. The number of rotatable bonds is 3. The fraction of sp³-hybridized carbons (Fsp3) is 0.333. The van der Waals surface area contributed by atoms with Gasteiger partial charge in [-0.2, -0.15) is 0 Å². The van der Waals surface area contributed by atoms with Crippen LogP contribution in [0.1, 0.15) is 34.2 Å². The van der Waals surface area contributed by atoms with E-state index in [1.807, 2.05) is 20.8 Å². The van der Waals surface area contributed by atoms with Gasteiger partial charge in [0.1, 0.15) is 11.6 Å². The molecule has 0 fully saturated rings. The molecule has 0 saturated heterocycles. The summed E-state index contributed by atoms with van der Waals surface area (Å²) in [6.45, 7) is 5.81. The van der Waals surface area contributed by atoms with E-state index < -0.39 is 17.7 Å². The number of aromatic amines is 1. The van der Waals surface area contributed by atoms with Crippen LogP contribution in [0.4, 0.5) is 8.78 Å². The van der Waals surface area contributed by atoms with Crippen LogP contribution in [0.25, 0.3) is 0 Å². The van der Waals surface area contributed by atoms with Gasteiger partial charge in [-0.1, -0.05) is 6.07 Å². The van der Waals surface area contributed by atoms with Gasteiger partial charge in [-0.25, -0.2) is 8.78 Å². The molecule has 1 unspecified atom stereocenters. The highest BCUT2D eigenvalue weighted by molar-refractivity contribution is 5.36. The third-order valence-electron chi connectivity index (χ3n) is 3.61. The molecule has 2 nitrogen and oxygen atoms in total. The minimum Gasteiger partial charge on any atom is -0.387 e. The molecule has 102 valence electrons. The van der Waals surface area contributed by atoms with Crippen molar-refractivity contribution < 1.29 is 13.9 Å². The summed E-state index contributed by atoms with van der Waals surface area (Å²) in [5.41, 5.74) is 4.06. The van der Waals surface area contributed by atoms with Gasteiger partial charge in [-0.05, 0) is 43.5 Å². The highest BCUT2D eigenvalue weighted by Crippen LogP contribution is 2.26. The Labute approximate surface area is 111 Å². The molecule has 1 aromatic carbocycles. The van der Waals surface area contributed by atoms with Crippen LogP contribution in [0.3, 0.4) is 0 Å². The Morgan fingerprint density at radius 3 is 2.37 bits per heavy atom. The van der Waals surface area contributed by atoms with Crippen molar-refractivity contribution in [1.29, 1.82) is 0 Å². The topological polar surface area (TPSA) is 36.0 Å². The Hall–Kier alpha value is -1.68. The highest BCUT2D eigenvalue weighted by Gasteiger charge is 2.17. The fourth-order valence-corrected chi connectivity index (χ4v) is 2.20. The first kappa shape index (κ1) is 13.7. The number of aliphatic hydroxyl groups is 1. The molecule has 0 radical (unpaired) electrons. The summed E-state index contributed by atoms with van der Waals surface area (Å²) >= 11 is 0. The lowest BCUT2D eigenvalue weighted by atomic mass is 10.0. The number of H-pyrrole nitrogens is 1. The Morgan fingerprint density at radius 2 is 1.84 bits per heavy atom. The van der Waals surface area contributed by atoms with Crippen molar-refractivity contribution in [3.8, 4) is 0 Å². The Bertz CT molecular complexity index is 604. The number of aromatic nitrogens is 1. The van der Waals surface area contributed by atoms with E-state index in [-0.39, 0.29) is 6.42 Å². The summed E-state index contributed by atoms with van der Waals surface area (Å²) in [6, 6.07) is 3.40. The molecule has 2 rings (SSSR count). The molecule has 19 heavy (non-hydrogen) atoms. The van der Waals surface area contributed by atoms with E-state index in [4.69, 9.17) is 0 Å². The smallest absolute Gasteiger partial charge is 0.129 e. The molecule has 0 aliphatic heterocycles. The van der Waals surface area contributed by atoms with Crippen LogP contribution in [0.15, 0.2) is 18.2 Å². The van der Waals surface area contributed by atoms with Gasteiger partial charge in [0.25, 0.3) is 0 Å². The monoisotopic (exact) mass is 265 g/mol. The van der Waals surface area contributed by atoms with Gasteiger partial charge in [0.05, 0.1) is 6.10 Å². The predicted octanol–water partition coefficient (Wildman–Crippen LogP) is 3.49. The molecule has 0 bridgehead atoms. The fourth-order valence-electron chi connectivity index (χ4n) is 2.20. The molecule has 4 heteroatoms. The standard InChI is InChI=1S/C15H17F2NO/c1-8-9(2)15(18-10(8)3)14(19)6-11-4-5-12(16)7-13(11)17/h4-5,7,14,18-19H,6H2,1-3H3. The van der Waals surface area contributed by atoms with Crippen LogP contribution < -0.4 is 0 Å². The Kier molecular flexibility index (Phi) is 3.71. The van der Waals surface area contributed by atoms with Crippen LogP contribution in [-0.2, 0) is 6.42 Å². The van der Waals surface area contributed by atoms with E-state index in [0.29, 0.717) is 11.3 Å². The van der Waals surface area contributed by atoms with E-state index in [2.05, 4.69) is 4.98 Å². The SMILES string of the molecule is Cc1[nH]c(C(O)Cc2ccc(F)cc2F)c(C)c1C. The van der Waals surface area contributed by atoms with E-state index >= 15 is 0 Å². The maximum Gasteiger partial charge on any atom is 0.129 e. The first-order valence-electron chi connectivity index (χ1n) is 6.17. The molecule has 1 atom stereocenters. The van der Waals surface area contributed by atoms with Crippen LogP contribution in [0.5, 0.6) is 0 Å². The quantitative estimate of drug-likeness (QED) is 0.875. The van der Waals surface area contributed by atoms with Crippen molar-refractivity contribution >= 4 is 0 Å². The van der Waals surface area contributed by atoms with E-state index in [1.165, 1.54) is 12.1 Å². The zero-order chi connectivity index (χ0) is 14.2. The second kappa shape index (κ2) is 5.13. The van der Waals surface area contributed by atoms with Crippen molar-refractivity contribution in [2.45, 2.75) is 33.3 Å². The third kappa shape index (κ3) is 2.68. The number of benzene rings is 1. The number of hydrogen-bond acceptors (Lipinski definition) is 1.